The van der Waals surface area contributed by atoms with E-state index in [4.69, 9.17) is 0 Å². The van der Waals surface area contributed by atoms with Crippen LogP contribution < -0.4 is 4.90 Å². The summed E-state index contributed by atoms with van der Waals surface area (Å²) < 4.78 is 0. The predicted octanol–water partition coefficient (Wildman–Crippen LogP) is 3.31. The molecule has 3 rings (SSSR count). The lowest BCUT2D eigenvalue weighted by molar-refractivity contribution is 0.378. The molecule has 0 N–H and O–H groups in total. The number of aryl methyl sites for hydroxylation is 1. The van der Waals surface area contributed by atoms with Crippen molar-refractivity contribution in [2.45, 2.75) is 25.7 Å². The van der Waals surface area contributed by atoms with Crippen LogP contribution in [-0.4, -0.2) is 23.3 Å². The highest BCUT2D eigenvalue weighted by molar-refractivity contribution is 5.45. The van der Waals surface area contributed by atoms with E-state index in [1.165, 1.54) is 0 Å². The summed E-state index contributed by atoms with van der Waals surface area (Å²) in [6.45, 7) is 3.91. The van der Waals surface area contributed by atoms with Gasteiger partial charge in [-0.2, -0.15) is 15.5 Å². The minimum Gasteiger partial charge on any atom is -0.370 e. The van der Waals surface area contributed by atoms with Crippen LogP contribution in [0.4, 0.5) is 5.69 Å². The summed E-state index contributed by atoms with van der Waals surface area (Å²) in [5, 5.41) is 17.6. The molecule has 0 saturated carbocycles. The van der Waals surface area contributed by atoms with Crippen molar-refractivity contribution >= 4 is 5.69 Å². The lowest BCUT2D eigenvalue weighted by Gasteiger charge is -2.35. The Labute approximate surface area is 131 Å². The molecule has 0 aliphatic carbocycles. The van der Waals surface area contributed by atoms with Crippen molar-refractivity contribution in [3.05, 3.63) is 53.9 Å². The van der Waals surface area contributed by atoms with Crippen LogP contribution in [0.1, 0.15) is 30.0 Å². The van der Waals surface area contributed by atoms with Gasteiger partial charge in [-0.05, 0) is 37.3 Å². The molecule has 1 aliphatic heterocycles. The molecule has 22 heavy (non-hydrogen) atoms. The van der Waals surface area contributed by atoms with Gasteiger partial charge in [0.05, 0.1) is 29.6 Å². The van der Waals surface area contributed by atoms with Crippen LogP contribution in [0.25, 0.3) is 0 Å². The number of benzene rings is 1. The first kappa shape index (κ1) is 14.5. The first-order valence-corrected chi connectivity index (χ1v) is 7.77. The van der Waals surface area contributed by atoms with Gasteiger partial charge in [0, 0.05) is 13.1 Å². The second kappa shape index (κ2) is 6.57. The molecule has 4 heteroatoms. The number of piperidine rings is 1. The van der Waals surface area contributed by atoms with Crippen LogP contribution in [0.15, 0.2) is 42.6 Å². The Balaban J connectivity index is 1.67. The standard InChI is InChI=1S/C18H20N4/c1-14-11-17(13-20-21-14)22-9-7-16(8-10-22)18(12-19)15-5-3-2-4-6-15/h2-6,11,13,16,18H,7-10H2,1H3. The maximum Gasteiger partial charge on any atom is 0.0742 e. The first-order valence-electron chi connectivity index (χ1n) is 7.77. The minimum absolute atomic E-state index is 0.000603. The van der Waals surface area contributed by atoms with Gasteiger partial charge in [0.2, 0.25) is 0 Å². The highest BCUT2D eigenvalue weighted by Gasteiger charge is 2.27. The molecular weight excluding hydrogens is 272 g/mol. The van der Waals surface area contributed by atoms with E-state index in [0.717, 1.165) is 42.9 Å². The fraction of sp³-hybridized carbons (Fsp3) is 0.389. The topological polar surface area (TPSA) is 52.8 Å². The normalized spacial score (nSPS) is 17.0. The summed E-state index contributed by atoms with van der Waals surface area (Å²) in [4.78, 5) is 2.34. The predicted molar refractivity (Wildman–Crippen MR) is 86.5 cm³/mol. The van der Waals surface area contributed by atoms with Gasteiger partial charge in [-0.15, -0.1) is 0 Å². The van der Waals surface area contributed by atoms with E-state index in [1.807, 2.05) is 31.3 Å². The van der Waals surface area contributed by atoms with Crippen molar-refractivity contribution < 1.29 is 0 Å². The maximum absolute atomic E-state index is 9.57. The van der Waals surface area contributed by atoms with Crippen molar-refractivity contribution in [2.24, 2.45) is 5.92 Å². The molecule has 1 saturated heterocycles. The number of aromatic nitrogens is 2. The minimum atomic E-state index is 0.000603. The van der Waals surface area contributed by atoms with E-state index in [2.05, 4.69) is 39.4 Å². The fourth-order valence-corrected chi connectivity index (χ4v) is 3.24. The molecular formula is C18H20N4. The summed E-state index contributed by atoms with van der Waals surface area (Å²) in [6.07, 6.45) is 3.90. The highest BCUT2D eigenvalue weighted by atomic mass is 15.2. The fourth-order valence-electron chi connectivity index (χ4n) is 3.24. The van der Waals surface area contributed by atoms with Gasteiger partial charge in [0.15, 0.2) is 0 Å². The molecule has 112 valence electrons. The van der Waals surface area contributed by atoms with Crippen molar-refractivity contribution in [1.82, 2.24) is 10.2 Å². The van der Waals surface area contributed by atoms with E-state index < -0.39 is 0 Å². The Kier molecular flexibility index (Phi) is 4.34. The van der Waals surface area contributed by atoms with Gasteiger partial charge in [-0.3, -0.25) is 0 Å². The molecule has 1 atom stereocenters. The smallest absolute Gasteiger partial charge is 0.0742 e. The van der Waals surface area contributed by atoms with E-state index in [-0.39, 0.29) is 5.92 Å². The van der Waals surface area contributed by atoms with Gasteiger partial charge in [0.1, 0.15) is 0 Å². The molecule has 2 aromatic rings. The Bertz CT molecular complexity index is 654. The summed E-state index contributed by atoms with van der Waals surface area (Å²) in [5.41, 5.74) is 3.22. The third kappa shape index (κ3) is 3.09. The van der Waals surface area contributed by atoms with E-state index in [9.17, 15) is 5.26 Å². The molecule has 0 amide bonds. The Morgan fingerprint density at radius 2 is 1.95 bits per heavy atom. The highest BCUT2D eigenvalue weighted by Crippen LogP contribution is 2.33. The van der Waals surface area contributed by atoms with Gasteiger partial charge in [-0.1, -0.05) is 30.3 Å². The number of hydrogen-bond acceptors (Lipinski definition) is 4. The molecule has 0 bridgehead atoms. The van der Waals surface area contributed by atoms with Crippen LogP contribution in [0, 0.1) is 24.2 Å². The quantitative estimate of drug-likeness (QED) is 0.871. The average Bonchev–Trinajstić information content (AvgIpc) is 2.57. The zero-order valence-electron chi connectivity index (χ0n) is 12.8. The first-order chi connectivity index (χ1) is 10.8. The summed E-state index contributed by atoms with van der Waals surface area (Å²) in [7, 11) is 0. The second-order valence-corrected chi connectivity index (χ2v) is 5.90. The van der Waals surface area contributed by atoms with Crippen LogP contribution in [-0.2, 0) is 0 Å². The van der Waals surface area contributed by atoms with Crippen molar-refractivity contribution in [3.8, 4) is 6.07 Å². The van der Waals surface area contributed by atoms with Crippen molar-refractivity contribution in [1.29, 1.82) is 5.26 Å². The molecule has 0 radical (unpaired) electrons. The Hall–Kier alpha value is -2.41. The average molecular weight is 292 g/mol. The van der Waals surface area contributed by atoms with Crippen LogP contribution in [0.5, 0.6) is 0 Å². The molecule has 4 nitrogen and oxygen atoms in total. The number of rotatable bonds is 3. The van der Waals surface area contributed by atoms with Gasteiger partial charge < -0.3 is 4.90 Å². The monoisotopic (exact) mass is 292 g/mol. The van der Waals surface area contributed by atoms with Gasteiger partial charge in [0.25, 0.3) is 0 Å². The molecule has 1 aromatic carbocycles. The number of nitrogens with zero attached hydrogens (tertiary/aromatic N) is 4. The molecule has 1 fully saturated rings. The van der Waals surface area contributed by atoms with E-state index in [1.54, 1.807) is 0 Å². The SMILES string of the molecule is Cc1cc(N2CCC(C(C#N)c3ccccc3)CC2)cnn1. The van der Waals surface area contributed by atoms with Crippen molar-refractivity contribution in [2.75, 3.05) is 18.0 Å². The van der Waals surface area contributed by atoms with E-state index in [0.29, 0.717) is 5.92 Å². The van der Waals surface area contributed by atoms with Gasteiger partial charge in [-0.25, -0.2) is 0 Å². The molecule has 1 unspecified atom stereocenters. The Morgan fingerprint density at radius 3 is 2.59 bits per heavy atom. The lowest BCUT2D eigenvalue weighted by atomic mass is 9.81. The molecule has 1 aliphatic rings. The summed E-state index contributed by atoms with van der Waals surface area (Å²) in [5.74, 6) is 0.431. The van der Waals surface area contributed by atoms with Crippen molar-refractivity contribution in [3.63, 3.8) is 0 Å². The zero-order chi connectivity index (χ0) is 15.4. The maximum atomic E-state index is 9.57. The Morgan fingerprint density at radius 1 is 1.23 bits per heavy atom. The van der Waals surface area contributed by atoms with Crippen LogP contribution >= 0.6 is 0 Å². The zero-order valence-corrected chi connectivity index (χ0v) is 12.8. The van der Waals surface area contributed by atoms with E-state index >= 15 is 0 Å². The molecule has 2 heterocycles. The number of anilines is 1. The largest absolute Gasteiger partial charge is 0.370 e. The number of nitriles is 1. The second-order valence-electron chi connectivity index (χ2n) is 5.90. The van der Waals surface area contributed by atoms with Crippen LogP contribution in [0.2, 0.25) is 0 Å². The molecule has 0 spiro atoms. The third-order valence-corrected chi connectivity index (χ3v) is 4.44. The van der Waals surface area contributed by atoms with Crippen LogP contribution in [0.3, 0.4) is 0 Å². The van der Waals surface area contributed by atoms with Gasteiger partial charge >= 0.3 is 0 Å². The third-order valence-electron chi connectivity index (χ3n) is 4.44. The number of hydrogen-bond donors (Lipinski definition) is 0. The molecule has 1 aromatic heterocycles. The summed E-state index contributed by atoms with van der Waals surface area (Å²) in [6, 6.07) is 14.7. The lowest BCUT2D eigenvalue weighted by Crippen LogP contribution is -2.35. The summed E-state index contributed by atoms with van der Waals surface area (Å²) >= 11 is 0.